The van der Waals surface area contributed by atoms with Gasteiger partial charge in [-0.15, -0.1) is 21.5 Å². The van der Waals surface area contributed by atoms with E-state index >= 15 is 0 Å². The van der Waals surface area contributed by atoms with Crippen LogP contribution in [0.2, 0.25) is 0 Å². The predicted molar refractivity (Wildman–Crippen MR) is 78.0 cm³/mol. The maximum absolute atomic E-state index is 4.25. The van der Waals surface area contributed by atoms with Gasteiger partial charge in [0.15, 0.2) is 0 Å². The lowest BCUT2D eigenvalue weighted by molar-refractivity contribution is 0.568. The molecule has 1 unspecified atom stereocenters. The van der Waals surface area contributed by atoms with Crippen LogP contribution in [0.15, 0.2) is 11.4 Å². The van der Waals surface area contributed by atoms with Gasteiger partial charge in [-0.3, -0.25) is 0 Å². The van der Waals surface area contributed by atoms with Crippen LogP contribution < -0.4 is 5.32 Å². The highest BCUT2D eigenvalue weighted by molar-refractivity contribution is 14.1. The van der Waals surface area contributed by atoms with Crippen molar-refractivity contribution in [1.29, 1.82) is 0 Å². The summed E-state index contributed by atoms with van der Waals surface area (Å²) in [7, 11) is 1.96. The van der Waals surface area contributed by atoms with Gasteiger partial charge in [0.2, 0.25) is 0 Å². The second-order valence-electron chi connectivity index (χ2n) is 3.33. The summed E-state index contributed by atoms with van der Waals surface area (Å²) in [6.07, 6.45) is 1.03. The van der Waals surface area contributed by atoms with Crippen LogP contribution in [0.4, 0.5) is 0 Å². The monoisotopic (exact) mass is 365 g/mol. The van der Waals surface area contributed by atoms with Crippen LogP contribution in [0.1, 0.15) is 24.4 Å². The first-order valence-corrected chi connectivity index (χ1v) is 7.77. The van der Waals surface area contributed by atoms with Gasteiger partial charge in [0, 0.05) is 10.9 Å². The zero-order valence-electron chi connectivity index (χ0n) is 9.03. The molecule has 0 fully saturated rings. The average molecular weight is 365 g/mol. The number of rotatable bonds is 4. The molecule has 0 amide bonds. The molecular formula is C10H12IN3S2. The molecule has 1 N–H and O–H groups in total. The van der Waals surface area contributed by atoms with Crippen LogP contribution in [0.5, 0.6) is 0 Å². The Kier molecular flexibility index (Phi) is 4.28. The lowest BCUT2D eigenvalue weighted by Crippen LogP contribution is -2.14. The number of hydrogen-bond donors (Lipinski definition) is 1. The molecule has 2 aromatic heterocycles. The van der Waals surface area contributed by atoms with Crippen LogP contribution in [-0.4, -0.2) is 17.2 Å². The third-order valence-corrected chi connectivity index (χ3v) is 5.18. The Bertz CT molecular complexity index is 462. The van der Waals surface area contributed by atoms with Gasteiger partial charge in [-0.05, 0) is 42.1 Å². The fourth-order valence-corrected chi connectivity index (χ4v) is 3.85. The summed E-state index contributed by atoms with van der Waals surface area (Å²) < 4.78 is 1.28. The molecule has 0 saturated heterocycles. The highest BCUT2D eigenvalue weighted by Crippen LogP contribution is 2.31. The van der Waals surface area contributed by atoms with Gasteiger partial charge >= 0.3 is 0 Å². The molecule has 3 nitrogen and oxygen atoms in total. The molecule has 0 aliphatic carbocycles. The molecule has 2 rings (SSSR count). The molecule has 0 aliphatic rings. The van der Waals surface area contributed by atoms with Gasteiger partial charge in [-0.25, -0.2) is 0 Å². The smallest absolute Gasteiger partial charge is 0.148 e. The van der Waals surface area contributed by atoms with Crippen molar-refractivity contribution in [3.8, 4) is 10.6 Å². The fraction of sp³-hybridized carbons (Fsp3) is 0.400. The van der Waals surface area contributed by atoms with Crippen molar-refractivity contribution in [3.63, 3.8) is 0 Å². The molecule has 86 valence electrons. The third kappa shape index (κ3) is 2.61. The quantitative estimate of drug-likeness (QED) is 0.843. The van der Waals surface area contributed by atoms with Crippen LogP contribution in [0.3, 0.4) is 0 Å². The summed E-state index contributed by atoms with van der Waals surface area (Å²) in [6, 6.07) is 2.47. The molecule has 6 heteroatoms. The van der Waals surface area contributed by atoms with Crippen molar-refractivity contribution in [2.75, 3.05) is 7.05 Å². The van der Waals surface area contributed by atoms with E-state index in [0.717, 1.165) is 16.4 Å². The largest absolute Gasteiger partial charge is 0.311 e. The molecule has 2 heterocycles. The predicted octanol–water partition coefficient (Wildman–Crippen LogP) is 3.54. The summed E-state index contributed by atoms with van der Waals surface area (Å²) >= 11 is 5.74. The Morgan fingerprint density at radius 1 is 1.50 bits per heavy atom. The van der Waals surface area contributed by atoms with Gasteiger partial charge in [-0.1, -0.05) is 18.3 Å². The summed E-state index contributed by atoms with van der Waals surface area (Å²) in [5.74, 6) is 0. The topological polar surface area (TPSA) is 37.8 Å². The zero-order chi connectivity index (χ0) is 11.5. The van der Waals surface area contributed by atoms with Gasteiger partial charge < -0.3 is 5.32 Å². The van der Waals surface area contributed by atoms with Crippen LogP contribution in [0, 0.1) is 2.88 Å². The molecule has 16 heavy (non-hydrogen) atoms. The molecule has 2 aromatic rings. The standard InChI is InChI=1S/C10H12IN3S2/c1-3-7(12-2)10-14-13-9(16-10)6-4-8(11)15-5-6/h4-5,7,12H,3H2,1-2H3. The summed E-state index contributed by atoms with van der Waals surface area (Å²) in [4.78, 5) is 0. The third-order valence-electron chi connectivity index (χ3n) is 2.31. The Morgan fingerprint density at radius 2 is 2.31 bits per heavy atom. The van der Waals surface area contributed by atoms with Crippen LogP contribution in [-0.2, 0) is 0 Å². The van der Waals surface area contributed by atoms with E-state index in [0.29, 0.717) is 6.04 Å². The van der Waals surface area contributed by atoms with E-state index in [4.69, 9.17) is 0 Å². The van der Waals surface area contributed by atoms with Crippen molar-refractivity contribution < 1.29 is 0 Å². The summed E-state index contributed by atoms with van der Waals surface area (Å²) in [6.45, 7) is 2.15. The van der Waals surface area contributed by atoms with Gasteiger partial charge in [0.05, 0.1) is 8.93 Å². The Hall–Kier alpha value is -0.0500. The Labute approximate surface area is 116 Å². The van der Waals surface area contributed by atoms with E-state index < -0.39 is 0 Å². The Morgan fingerprint density at radius 3 is 2.88 bits per heavy atom. The second-order valence-corrected chi connectivity index (χ2v) is 7.15. The Balaban J connectivity index is 2.25. The van der Waals surface area contributed by atoms with E-state index in [-0.39, 0.29) is 0 Å². The fourth-order valence-electron chi connectivity index (χ4n) is 1.42. The van der Waals surface area contributed by atoms with E-state index in [1.54, 1.807) is 22.7 Å². The number of thiophene rings is 1. The summed E-state index contributed by atoms with van der Waals surface area (Å²) in [5, 5.41) is 16.0. The number of hydrogen-bond acceptors (Lipinski definition) is 5. The number of aromatic nitrogens is 2. The number of halogens is 1. The molecule has 0 radical (unpaired) electrons. The summed E-state index contributed by atoms with van der Waals surface area (Å²) in [5.41, 5.74) is 1.18. The number of nitrogens with zero attached hydrogens (tertiary/aromatic N) is 2. The molecule has 0 bridgehead atoms. The molecule has 0 spiro atoms. The van der Waals surface area contributed by atoms with Crippen molar-refractivity contribution in [3.05, 3.63) is 19.3 Å². The maximum atomic E-state index is 4.25. The van der Waals surface area contributed by atoms with E-state index in [9.17, 15) is 0 Å². The highest BCUT2D eigenvalue weighted by Gasteiger charge is 2.14. The number of nitrogens with one attached hydrogen (secondary N) is 1. The van der Waals surface area contributed by atoms with Crippen molar-refractivity contribution in [1.82, 2.24) is 15.5 Å². The normalized spacial score (nSPS) is 12.9. The van der Waals surface area contributed by atoms with E-state index in [1.807, 2.05) is 7.05 Å². The first kappa shape index (κ1) is 12.4. The second kappa shape index (κ2) is 5.52. The molecule has 0 aromatic carbocycles. The minimum Gasteiger partial charge on any atom is -0.311 e. The van der Waals surface area contributed by atoms with Gasteiger partial charge in [0.1, 0.15) is 10.0 Å². The van der Waals surface area contributed by atoms with Gasteiger partial charge in [0.25, 0.3) is 0 Å². The minimum absolute atomic E-state index is 0.323. The first-order valence-electron chi connectivity index (χ1n) is 4.99. The first-order chi connectivity index (χ1) is 7.74. The molecular weight excluding hydrogens is 353 g/mol. The van der Waals surface area contributed by atoms with Crippen molar-refractivity contribution in [2.45, 2.75) is 19.4 Å². The molecule has 0 aliphatic heterocycles. The van der Waals surface area contributed by atoms with Crippen LogP contribution in [0.25, 0.3) is 10.6 Å². The van der Waals surface area contributed by atoms with Crippen molar-refractivity contribution in [2.24, 2.45) is 0 Å². The average Bonchev–Trinajstić information content (AvgIpc) is 2.89. The lowest BCUT2D eigenvalue weighted by Gasteiger charge is -2.07. The molecule has 1 atom stereocenters. The van der Waals surface area contributed by atoms with E-state index in [2.05, 4.69) is 56.5 Å². The lowest BCUT2D eigenvalue weighted by atomic mass is 10.2. The molecule has 0 saturated carbocycles. The highest BCUT2D eigenvalue weighted by atomic mass is 127. The zero-order valence-corrected chi connectivity index (χ0v) is 12.8. The minimum atomic E-state index is 0.323. The van der Waals surface area contributed by atoms with E-state index in [1.165, 1.54) is 8.45 Å². The van der Waals surface area contributed by atoms with Crippen molar-refractivity contribution >= 4 is 45.3 Å². The maximum Gasteiger partial charge on any atom is 0.148 e. The SMILES string of the molecule is CCC(NC)c1nnc(-c2csc(I)c2)s1. The van der Waals surface area contributed by atoms with Gasteiger partial charge in [-0.2, -0.15) is 0 Å². The van der Waals surface area contributed by atoms with Crippen LogP contribution >= 0.6 is 45.3 Å².